The molecule has 3 N–H and O–H groups in total. The summed E-state index contributed by atoms with van der Waals surface area (Å²) in [5.41, 5.74) is 1.09. The van der Waals surface area contributed by atoms with Gasteiger partial charge in [-0.25, -0.2) is 0 Å². The Balaban J connectivity index is 1.71. The number of ether oxygens (including phenoxy) is 4. The lowest BCUT2D eigenvalue weighted by molar-refractivity contribution is -0.331. The van der Waals surface area contributed by atoms with E-state index in [1.54, 1.807) is 6.92 Å². The number of aromatic nitrogens is 1. The van der Waals surface area contributed by atoms with Crippen LogP contribution in [0, 0.1) is 0 Å². The standard InChI is InChI=1S/C14H19NO7/c1-14(19-2)21-10-8-6-7(9(20-8)11(10)22-14)13(18)15(12(6)17)4-3-5-16/h8-11,16-18H,3-5H2,1-2H3/t8-,9-,10-,11-/m1/s1. The van der Waals surface area contributed by atoms with E-state index in [2.05, 4.69) is 0 Å². The van der Waals surface area contributed by atoms with Crippen molar-refractivity contribution >= 4 is 0 Å². The summed E-state index contributed by atoms with van der Waals surface area (Å²) < 4.78 is 24.0. The first-order valence-electron chi connectivity index (χ1n) is 7.32. The summed E-state index contributed by atoms with van der Waals surface area (Å²) in [5, 5.41) is 29.7. The maximum absolute atomic E-state index is 10.4. The topological polar surface area (TPSA) is 103 Å². The average molecular weight is 313 g/mol. The molecule has 1 aromatic heterocycles. The van der Waals surface area contributed by atoms with Crippen molar-refractivity contribution in [2.75, 3.05) is 13.7 Å². The largest absolute Gasteiger partial charge is 0.494 e. The van der Waals surface area contributed by atoms with Gasteiger partial charge in [-0.2, -0.15) is 0 Å². The molecular weight excluding hydrogens is 294 g/mol. The van der Waals surface area contributed by atoms with Gasteiger partial charge in [0.05, 0.1) is 11.1 Å². The van der Waals surface area contributed by atoms with E-state index in [1.165, 1.54) is 11.7 Å². The lowest BCUT2D eigenvalue weighted by atomic mass is 9.90. The van der Waals surface area contributed by atoms with Gasteiger partial charge in [0.2, 0.25) is 0 Å². The normalized spacial score (nSPS) is 34.1. The summed E-state index contributed by atoms with van der Waals surface area (Å²) in [6, 6.07) is 0. The molecule has 0 unspecified atom stereocenters. The molecule has 22 heavy (non-hydrogen) atoms. The van der Waals surface area contributed by atoms with Crippen molar-refractivity contribution in [3.8, 4) is 11.8 Å². The fourth-order valence-electron chi connectivity index (χ4n) is 3.63. The molecule has 8 nitrogen and oxygen atoms in total. The van der Waals surface area contributed by atoms with Crippen LogP contribution in [0.25, 0.3) is 0 Å². The van der Waals surface area contributed by atoms with Gasteiger partial charge in [0.25, 0.3) is 5.97 Å². The minimum absolute atomic E-state index is 0.0191. The molecule has 4 atom stereocenters. The number of methoxy groups -OCH3 is 1. The van der Waals surface area contributed by atoms with Crippen LogP contribution < -0.4 is 0 Å². The Hall–Kier alpha value is -1.32. The maximum Gasteiger partial charge on any atom is 0.280 e. The molecule has 0 saturated carbocycles. The first-order chi connectivity index (χ1) is 10.5. The first-order valence-corrected chi connectivity index (χ1v) is 7.32. The molecule has 0 radical (unpaired) electrons. The maximum atomic E-state index is 10.4. The molecule has 0 amide bonds. The Kier molecular flexibility index (Phi) is 2.98. The summed E-state index contributed by atoms with van der Waals surface area (Å²) in [6.45, 7) is 1.98. The van der Waals surface area contributed by atoms with Crippen molar-refractivity contribution < 1.29 is 34.3 Å². The first kappa shape index (κ1) is 14.3. The third kappa shape index (κ3) is 1.64. The van der Waals surface area contributed by atoms with Crippen LogP contribution in [0.5, 0.6) is 11.8 Å². The number of aliphatic hydroxyl groups is 1. The van der Waals surface area contributed by atoms with E-state index < -0.39 is 18.2 Å². The van der Waals surface area contributed by atoms with Crippen LogP contribution in [0.2, 0.25) is 0 Å². The van der Waals surface area contributed by atoms with Gasteiger partial charge in [-0.1, -0.05) is 0 Å². The Bertz CT molecular complexity index is 571. The Morgan fingerprint density at radius 2 is 1.68 bits per heavy atom. The molecule has 8 heteroatoms. The molecule has 122 valence electrons. The van der Waals surface area contributed by atoms with Gasteiger partial charge in [-0.3, -0.25) is 4.57 Å². The van der Waals surface area contributed by atoms with Crippen molar-refractivity contribution in [2.24, 2.45) is 0 Å². The zero-order valence-corrected chi connectivity index (χ0v) is 12.4. The van der Waals surface area contributed by atoms with Crippen LogP contribution in [0.15, 0.2) is 0 Å². The van der Waals surface area contributed by atoms with Gasteiger partial charge < -0.3 is 34.3 Å². The molecule has 0 aromatic carbocycles. The van der Waals surface area contributed by atoms with Crippen LogP contribution in [0.3, 0.4) is 0 Å². The van der Waals surface area contributed by atoms with Gasteiger partial charge in [-0.15, -0.1) is 0 Å². The van der Waals surface area contributed by atoms with Crippen LogP contribution >= 0.6 is 0 Å². The Labute approximate surface area is 126 Å². The zero-order valence-electron chi connectivity index (χ0n) is 12.4. The molecular formula is C14H19NO7. The highest BCUT2D eigenvalue weighted by atomic mass is 16.9. The second-order valence-electron chi connectivity index (χ2n) is 5.91. The van der Waals surface area contributed by atoms with Gasteiger partial charge >= 0.3 is 0 Å². The van der Waals surface area contributed by atoms with Crippen molar-refractivity contribution in [1.82, 2.24) is 4.57 Å². The lowest BCUT2D eigenvalue weighted by Crippen LogP contribution is -2.30. The molecule has 2 fully saturated rings. The van der Waals surface area contributed by atoms with Gasteiger partial charge in [0, 0.05) is 27.2 Å². The zero-order chi connectivity index (χ0) is 15.6. The Morgan fingerprint density at radius 3 is 2.14 bits per heavy atom. The van der Waals surface area contributed by atoms with E-state index in [0.29, 0.717) is 24.1 Å². The summed E-state index contributed by atoms with van der Waals surface area (Å²) in [6.07, 6.45) is -1.33. The number of fused-ring (bicyclic) bond motifs is 8. The van der Waals surface area contributed by atoms with E-state index in [4.69, 9.17) is 24.1 Å². The van der Waals surface area contributed by atoms with Gasteiger partial charge in [0.15, 0.2) is 11.8 Å². The summed E-state index contributed by atoms with van der Waals surface area (Å²) in [5.74, 6) is -1.22. The van der Waals surface area contributed by atoms with Crippen LogP contribution in [-0.4, -0.2) is 51.8 Å². The fourth-order valence-corrected chi connectivity index (χ4v) is 3.63. The van der Waals surface area contributed by atoms with Gasteiger partial charge in [0.1, 0.15) is 24.4 Å². The highest BCUT2D eigenvalue weighted by molar-refractivity contribution is 5.54. The van der Waals surface area contributed by atoms with Crippen molar-refractivity contribution in [3.63, 3.8) is 0 Å². The van der Waals surface area contributed by atoms with E-state index >= 15 is 0 Å². The predicted molar refractivity (Wildman–Crippen MR) is 71.2 cm³/mol. The SMILES string of the molecule is COC1(C)O[C@H]2[C@H](O1)[C@@H]1O[C@@H]2c2c1c(O)n(CCCO)c2O. The number of hydrogen-bond donors (Lipinski definition) is 3. The van der Waals surface area contributed by atoms with Crippen molar-refractivity contribution in [3.05, 3.63) is 11.1 Å². The lowest BCUT2D eigenvalue weighted by Gasteiger charge is -2.23. The summed E-state index contributed by atoms with van der Waals surface area (Å²) in [7, 11) is 1.49. The molecule has 3 aliphatic rings. The smallest absolute Gasteiger partial charge is 0.280 e. The van der Waals surface area contributed by atoms with Gasteiger partial charge in [-0.05, 0) is 6.42 Å². The highest BCUT2D eigenvalue weighted by Crippen LogP contribution is 2.62. The van der Waals surface area contributed by atoms with E-state index in [9.17, 15) is 10.2 Å². The third-order valence-electron chi connectivity index (χ3n) is 4.68. The summed E-state index contributed by atoms with van der Waals surface area (Å²) >= 11 is 0. The number of rotatable bonds is 4. The van der Waals surface area contributed by atoms with Crippen molar-refractivity contribution in [1.29, 1.82) is 0 Å². The molecule has 1 aromatic rings. The molecule has 2 saturated heterocycles. The minimum atomic E-state index is -1.14. The quantitative estimate of drug-likeness (QED) is 0.744. The average Bonchev–Trinajstić information content (AvgIpc) is 3.18. The van der Waals surface area contributed by atoms with Crippen LogP contribution in [0.1, 0.15) is 36.7 Å². The number of aliphatic hydroxyl groups excluding tert-OH is 1. The minimum Gasteiger partial charge on any atom is -0.494 e. The number of nitrogens with zero attached hydrogens (tertiary/aromatic N) is 1. The molecule has 4 heterocycles. The van der Waals surface area contributed by atoms with E-state index in [0.717, 1.165) is 0 Å². The molecule has 4 rings (SSSR count). The third-order valence-corrected chi connectivity index (χ3v) is 4.68. The van der Waals surface area contributed by atoms with Crippen LogP contribution in [-0.2, 0) is 25.5 Å². The monoisotopic (exact) mass is 313 g/mol. The Morgan fingerprint density at radius 1 is 1.14 bits per heavy atom. The van der Waals surface area contributed by atoms with E-state index in [-0.39, 0.29) is 30.6 Å². The molecule has 0 spiro atoms. The molecule has 0 aliphatic carbocycles. The second-order valence-corrected chi connectivity index (χ2v) is 5.91. The molecule has 2 bridgehead atoms. The second kappa shape index (κ2) is 4.59. The predicted octanol–water partition coefficient (Wildman–Crippen LogP) is 0.512. The number of hydrogen-bond acceptors (Lipinski definition) is 7. The van der Waals surface area contributed by atoms with Crippen LogP contribution in [0.4, 0.5) is 0 Å². The highest BCUT2D eigenvalue weighted by Gasteiger charge is 2.64. The van der Waals surface area contributed by atoms with Crippen molar-refractivity contribution in [2.45, 2.75) is 50.3 Å². The fraction of sp³-hybridized carbons (Fsp3) is 0.714. The molecule has 3 aliphatic heterocycles. The number of aromatic hydroxyl groups is 2. The van der Waals surface area contributed by atoms with E-state index in [1.807, 2.05) is 0 Å². The summed E-state index contributed by atoms with van der Waals surface area (Å²) in [4.78, 5) is 0.